The van der Waals surface area contributed by atoms with Gasteiger partial charge in [-0.2, -0.15) is 0 Å². The maximum Gasteiger partial charge on any atom is 0.308 e. The van der Waals surface area contributed by atoms with Gasteiger partial charge >= 0.3 is 5.97 Å². The molecule has 1 aromatic heterocycles. The zero-order valence-corrected chi connectivity index (χ0v) is 12.5. The van der Waals surface area contributed by atoms with Gasteiger partial charge in [0, 0.05) is 18.0 Å². The molecule has 0 saturated heterocycles. The van der Waals surface area contributed by atoms with Gasteiger partial charge in [-0.3, -0.25) is 4.79 Å². The molecule has 1 rings (SSSR count). The maximum absolute atomic E-state index is 11.1. The fourth-order valence-corrected chi connectivity index (χ4v) is 2.85. The van der Waals surface area contributed by atoms with Crippen LogP contribution in [0.5, 0.6) is 0 Å². The molecule has 1 unspecified atom stereocenters. The van der Waals surface area contributed by atoms with Crippen LogP contribution in [-0.2, 0) is 11.2 Å². The van der Waals surface area contributed by atoms with Crippen molar-refractivity contribution in [2.75, 3.05) is 20.1 Å². The van der Waals surface area contributed by atoms with Crippen molar-refractivity contribution in [3.05, 3.63) is 21.9 Å². The van der Waals surface area contributed by atoms with Crippen LogP contribution in [0.3, 0.4) is 0 Å². The Morgan fingerprint density at radius 2 is 2.17 bits per heavy atom. The number of hydrogen-bond donors (Lipinski definition) is 1. The van der Waals surface area contributed by atoms with Crippen LogP contribution in [0.1, 0.15) is 24.3 Å². The standard InChI is InChI=1S/C14H23NO2S/c1-10(2)12(14(16)17)9-15(4)7-5-13-11(3)6-8-18-13/h6,8,10,12H,5,7,9H2,1-4H3,(H,16,17). The molecule has 1 aromatic rings. The first-order chi connectivity index (χ1) is 8.41. The Hall–Kier alpha value is -0.870. The largest absolute Gasteiger partial charge is 0.481 e. The number of carbonyl (C=O) groups is 1. The Labute approximate surface area is 113 Å². The molecule has 18 heavy (non-hydrogen) atoms. The molecular weight excluding hydrogens is 246 g/mol. The van der Waals surface area contributed by atoms with E-state index >= 15 is 0 Å². The smallest absolute Gasteiger partial charge is 0.308 e. The number of carboxylic acid groups (broad SMARTS) is 1. The molecular formula is C14H23NO2S. The summed E-state index contributed by atoms with van der Waals surface area (Å²) < 4.78 is 0. The third-order valence-electron chi connectivity index (χ3n) is 3.32. The van der Waals surface area contributed by atoms with Crippen molar-refractivity contribution in [1.29, 1.82) is 0 Å². The lowest BCUT2D eigenvalue weighted by atomic mass is 9.95. The number of thiophene rings is 1. The maximum atomic E-state index is 11.1. The monoisotopic (exact) mass is 269 g/mol. The van der Waals surface area contributed by atoms with E-state index in [1.807, 2.05) is 20.9 Å². The summed E-state index contributed by atoms with van der Waals surface area (Å²) in [6.45, 7) is 7.60. The van der Waals surface area contributed by atoms with E-state index in [4.69, 9.17) is 5.11 Å². The van der Waals surface area contributed by atoms with Crippen LogP contribution in [0.2, 0.25) is 0 Å². The Morgan fingerprint density at radius 1 is 1.50 bits per heavy atom. The summed E-state index contributed by atoms with van der Waals surface area (Å²) in [5.74, 6) is -0.794. The lowest BCUT2D eigenvalue weighted by Gasteiger charge is -2.23. The van der Waals surface area contributed by atoms with Crippen molar-refractivity contribution in [2.24, 2.45) is 11.8 Å². The first-order valence-corrected chi connectivity index (χ1v) is 7.24. The number of likely N-dealkylation sites (N-methyl/N-ethyl adjacent to an activating group) is 1. The third-order valence-corrected chi connectivity index (χ3v) is 4.40. The number of aliphatic carboxylic acids is 1. The Kier molecular flexibility index (Phi) is 5.82. The van der Waals surface area contributed by atoms with Gasteiger partial charge in [0.1, 0.15) is 0 Å². The molecule has 0 aliphatic rings. The molecule has 0 aliphatic heterocycles. The molecule has 1 heterocycles. The number of hydrogen-bond acceptors (Lipinski definition) is 3. The Bertz CT molecular complexity index is 387. The van der Waals surface area contributed by atoms with E-state index in [-0.39, 0.29) is 11.8 Å². The number of nitrogens with zero attached hydrogens (tertiary/aromatic N) is 1. The Morgan fingerprint density at radius 3 is 2.61 bits per heavy atom. The van der Waals surface area contributed by atoms with Crippen LogP contribution in [0.4, 0.5) is 0 Å². The molecule has 0 bridgehead atoms. The van der Waals surface area contributed by atoms with Crippen molar-refractivity contribution in [1.82, 2.24) is 4.90 Å². The van der Waals surface area contributed by atoms with Crippen molar-refractivity contribution >= 4 is 17.3 Å². The quantitative estimate of drug-likeness (QED) is 0.827. The molecule has 0 spiro atoms. The van der Waals surface area contributed by atoms with E-state index in [1.54, 1.807) is 11.3 Å². The average molecular weight is 269 g/mol. The van der Waals surface area contributed by atoms with Crippen LogP contribution < -0.4 is 0 Å². The first-order valence-electron chi connectivity index (χ1n) is 6.36. The van der Waals surface area contributed by atoms with Gasteiger partial charge in [-0.05, 0) is 43.3 Å². The molecule has 4 heteroatoms. The topological polar surface area (TPSA) is 40.5 Å². The van der Waals surface area contributed by atoms with E-state index in [9.17, 15) is 4.79 Å². The van der Waals surface area contributed by atoms with Crippen LogP contribution in [0.25, 0.3) is 0 Å². The number of rotatable bonds is 7. The molecule has 0 fully saturated rings. The summed E-state index contributed by atoms with van der Waals surface area (Å²) in [5.41, 5.74) is 1.34. The molecule has 0 aliphatic carbocycles. The molecule has 1 atom stereocenters. The van der Waals surface area contributed by atoms with E-state index in [0.29, 0.717) is 6.54 Å². The van der Waals surface area contributed by atoms with Crippen molar-refractivity contribution in [2.45, 2.75) is 27.2 Å². The van der Waals surface area contributed by atoms with E-state index in [2.05, 4.69) is 23.3 Å². The van der Waals surface area contributed by atoms with Gasteiger partial charge in [-0.25, -0.2) is 0 Å². The number of carboxylic acids is 1. The van der Waals surface area contributed by atoms with Crippen LogP contribution >= 0.6 is 11.3 Å². The minimum atomic E-state index is -0.691. The summed E-state index contributed by atoms with van der Waals surface area (Å²) in [6, 6.07) is 2.13. The summed E-state index contributed by atoms with van der Waals surface area (Å²) in [4.78, 5) is 14.7. The highest BCUT2D eigenvalue weighted by Gasteiger charge is 2.22. The SMILES string of the molecule is Cc1ccsc1CCN(C)CC(C(=O)O)C(C)C. The predicted molar refractivity (Wildman–Crippen MR) is 76.2 cm³/mol. The van der Waals surface area contributed by atoms with Gasteiger partial charge in [0.05, 0.1) is 5.92 Å². The summed E-state index contributed by atoms with van der Waals surface area (Å²) in [7, 11) is 2.00. The van der Waals surface area contributed by atoms with Gasteiger partial charge in [0.25, 0.3) is 0 Å². The first kappa shape index (κ1) is 15.2. The molecule has 0 radical (unpaired) electrons. The molecule has 0 amide bonds. The highest BCUT2D eigenvalue weighted by molar-refractivity contribution is 7.10. The van der Waals surface area contributed by atoms with Crippen LogP contribution in [0, 0.1) is 18.8 Å². The summed E-state index contributed by atoms with van der Waals surface area (Å²) >= 11 is 1.78. The van der Waals surface area contributed by atoms with Crippen molar-refractivity contribution < 1.29 is 9.90 Å². The van der Waals surface area contributed by atoms with Gasteiger partial charge in [0.2, 0.25) is 0 Å². The van der Waals surface area contributed by atoms with Crippen molar-refractivity contribution in [3.8, 4) is 0 Å². The van der Waals surface area contributed by atoms with E-state index in [0.717, 1.165) is 13.0 Å². The number of aryl methyl sites for hydroxylation is 1. The second-order valence-electron chi connectivity index (χ2n) is 5.23. The minimum Gasteiger partial charge on any atom is -0.481 e. The molecule has 0 saturated carbocycles. The summed E-state index contributed by atoms with van der Waals surface area (Å²) in [5, 5.41) is 11.3. The van der Waals surface area contributed by atoms with Crippen LogP contribution in [-0.4, -0.2) is 36.1 Å². The molecule has 1 N–H and O–H groups in total. The highest BCUT2D eigenvalue weighted by Crippen LogP contribution is 2.17. The second-order valence-corrected chi connectivity index (χ2v) is 6.23. The minimum absolute atomic E-state index is 0.174. The van der Waals surface area contributed by atoms with E-state index < -0.39 is 5.97 Å². The Balaban J connectivity index is 2.43. The van der Waals surface area contributed by atoms with Gasteiger partial charge in [-0.1, -0.05) is 13.8 Å². The van der Waals surface area contributed by atoms with Gasteiger partial charge in [-0.15, -0.1) is 11.3 Å². The lowest BCUT2D eigenvalue weighted by molar-refractivity contribution is -0.143. The van der Waals surface area contributed by atoms with Crippen LogP contribution in [0.15, 0.2) is 11.4 Å². The molecule has 102 valence electrons. The van der Waals surface area contributed by atoms with Gasteiger partial charge in [0.15, 0.2) is 0 Å². The van der Waals surface area contributed by atoms with Crippen molar-refractivity contribution in [3.63, 3.8) is 0 Å². The normalized spacial score (nSPS) is 13.2. The highest BCUT2D eigenvalue weighted by atomic mass is 32.1. The van der Waals surface area contributed by atoms with Gasteiger partial charge < -0.3 is 10.0 Å². The summed E-state index contributed by atoms with van der Waals surface area (Å²) in [6.07, 6.45) is 1.00. The predicted octanol–water partition coefficient (Wildman–Crippen LogP) is 2.89. The second kappa shape index (κ2) is 6.90. The molecule has 3 nitrogen and oxygen atoms in total. The third kappa shape index (κ3) is 4.42. The zero-order valence-electron chi connectivity index (χ0n) is 11.6. The molecule has 0 aromatic carbocycles. The lowest BCUT2D eigenvalue weighted by Crippen LogP contribution is -2.34. The fraction of sp³-hybridized carbons (Fsp3) is 0.643. The van der Waals surface area contributed by atoms with E-state index in [1.165, 1.54) is 10.4 Å². The zero-order chi connectivity index (χ0) is 13.7. The fourth-order valence-electron chi connectivity index (χ4n) is 1.95. The average Bonchev–Trinajstić information content (AvgIpc) is 2.68.